The second-order valence-corrected chi connectivity index (χ2v) is 7.83. The zero-order valence-electron chi connectivity index (χ0n) is 11.1. The molecule has 0 amide bonds. The molecule has 0 N–H and O–H groups in total. The summed E-state index contributed by atoms with van der Waals surface area (Å²) in [7, 11) is 0. The average molecular weight is 300 g/mol. The van der Waals surface area contributed by atoms with Crippen LogP contribution in [0.3, 0.4) is 0 Å². The minimum absolute atomic E-state index is 0.103. The Morgan fingerprint density at radius 3 is 2.05 bits per heavy atom. The molecule has 3 heteroatoms. The van der Waals surface area contributed by atoms with Gasteiger partial charge < -0.3 is 0 Å². The summed E-state index contributed by atoms with van der Waals surface area (Å²) in [5.41, 5.74) is 2.08. The molecule has 0 saturated carbocycles. The molecule has 0 unspecified atom stereocenters. The van der Waals surface area contributed by atoms with Crippen LogP contribution in [0.5, 0.6) is 0 Å². The first-order chi connectivity index (χ1) is 9.80. The molecule has 1 aliphatic rings. The summed E-state index contributed by atoms with van der Waals surface area (Å²) in [5.74, 6) is 2.46. The van der Waals surface area contributed by atoms with Crippen molar-refractivity contribution >= 4 is 29.3 Å². The van der Waals surface area contributed by atoms with E-state index in [-0.39, 0.29) is 9.86 Å². The largest absolute Gasteiger partial charge is 0.294 e. The highest BCUT2D eigenvalue weighted by atomic mass is 32.2. The highest BCUT2D eigenvalue weighted by molar-refractivity contribution is 8.20. The Morgan fingerprint density at radius 2 is 1.45 bits per heavy atom. The van der Waals surface area contributed by atoms with E-state index < -0.39 is 0 Å². The third-order valence-electron chi connectivity index (χ3n) is 3.46. The molecule has 0 spiro atoms. The van der Waals surface area contributed by atoms with Gasteiger partial charge in [0.05, 0.1) is 4.08 Å². The first kappa shape index (κ1) is 13.8. The molecule has 0 radical (unpaired) electrons. The van der Waals surface area contributed by atoms with Crippen LogP contribution < -0.4 is 0 Å². The van der Waals surface area contributed by atoms with Gasteiger partial charge in [-0.1, -0.05) is 60.7 Å². The van der Waals surface area contributed by atoms with Crippen molar-refractivity contribution in [2.24, 2.45) is 0 Å². The van der Waals surface area contributed by atoms with Gasteiger partial charge in [0, 0.05) is 23.5 Å². The van der Waals surface area contributed by atoms with Crippen LogP contribution in [-0.4, -0.2) is 17.3 Å². The Labute approximate surface area is 128 Å². The first-order valence-electron chi connectivity index (χ1n) is 6.72. The maximum Gasteiger partial charge on any atom is 0.165 e. The topological polar surface area (TPSA) is 17.1 Å². The van der Waals surface area contributed by atoms with E-state index in [0.29, 0.717) is 6.42 Å². The van der Waals surface area contributed by atoms with Gasteiger partial charge in [-0.2, -0.15) is 0 Å². The van der Waals surface area contributed by atoms with E-state index in [9.17, 15) is 4.79 Å². The molecule has 2 aromatic rings. The highest BCUT2D eigenvalue weighted by Crippen LogP contribution is 2.54. The van der Waals surface area contributed by atoms with Crippen molar-refractivity contribution < 1.29 is 4.79 Å². The van der Waals surface area contributed by atoms with Crippen molar-refractivity contribution in [2.75, 3.05) is 11.5 Å². The molecule has 0 aliphatic carbocycles. The Hall–Kier alpha value is -1.19. The van der Waals surface area contributed by atoms with Crippen LogP contribution in [0, 0.1) is 0 Å². The molecular formula is C17H16OS2. The van der Waals surface area contributed by atoms with Gasteiger partial charge in [-0.3, -0.25) is 4.79 Å². The van der Waals surface area contributed by atoms with Crippen LogP contribution in [-0.2, 0) is 4.08 Å². The van der Waals surface area contributed by atoms with Gasteiger partial charge in [-0.05, 0) is 5.56 Å². The number of carbonyl (C=O) groups is 1. The predicted molar refractivity (Wildman–Crippen MR) is 88.4 cm³/mol. The van der Waals surface area contributed by atoms with Crippen LogP contribution in [0.1, 0.15) is 22.3 Å². The zero-order valence-corrected chi connectivity index (χ0v) is 12.8. The van der Waals surface area contributed by atoms with Gasteiger partial charge in [0.2, 0.25) is 0 Å². The fourth-order valence-corrected chi connectivity index (χ4v) is 5.69. The Morgan fingerprint density at radius 1 is 0.900 bits per heavy atom. The summed E-state index contributed by atoms with van der Waals surface area (Å²) in [6.45, 7) is 0. The average Bonchev–Trinajstić information content (AvgIpc) is 2.99. The lowest BCUT2D eigenvalue weighted by atomic mass is 10.0. The molecule has 0 atom stereocenters. The molecule has 1 fully saturated rings. The molecule has 2 aromatic carbocycles. The monoisotopic (exact) mass is 300 g/mol. The van der Waals surface area contributed by atoms with Crippen LogP contribution in [0.4, 0.5) is 0 Å². The maximum atomic E-state index is 12.6. The number of thioether (sulfide) groups is 2. The van der Waals surface area contributed by atoms with E-state index in [0.717, 1.165) is 17.1 Å². The van der Waals surface area contributed by atoms with Crippen LogP contribution >= 0.6 is 23.5 Å². The Bertz CT molecular complexity index is 574. The normalized spacial score (nSPS) is 17.0. The number of carbonyl (C=O) groups excluding carboxylic acids is 1. The second-order valence-electron chi connectivity index (χ2n) is 4.78. The molecule has 0 bridgehead atoms. The number of Topliss-reactive ketones (excluding diaryl/α,β-unsaturated/α-hetero) is 1. The number of ketones is 1. The Balaban J connectivity index is 1.87. The third-order valence-corrected chi connectivity index (χ3v) is 6.93. The summed E-state index contributed by atoms with van der Waals surface area (Å²) >= 11 is 3.82. The van der Waals surface area contributed by atoms with Crippen LogP contribution in [0.2, 0.25) is 0 Å². The lowest BCUT2D eigenvalue weighted by molar-refractivity contribution is 0.0979. The predicted octanol–water partition coefficient (Wildman–Crippen LogP) is 4.59. The second kappa shape index (κ2) is 6.06. The molecule has 20 heavy (non-hydrogen) atoms. The van der Waals surface area contributed by atoms with E-state index in [1.807, 2.05) is 59.9 Å². The van der Waals surface area contributed by atoms with Crippen molar-refractivity contribution in [3.63, 3.8) is 0 Å². The molecule has 0 aromatic heterocycles. The number of rotatable bonds is 4. The van der Waals surface area contributed by atoms with Gasteiger partial charge in [-0.15, -0.1) is 23.5 Å². The van der Waals surface area contributed by atoms with Crippen LogP contribution in [0.15, 0.2) is 60.7 Å². The molecule has 102 valence electrons. The summed E-state index contributed by atoms with van der Waals surface area (Å²) in [6.07, 6.45) is 0.566. The summed E-state index contributed by atoms with van der Waals surface area (Å²) < 4.78 is -0.103. The van der Waals surface area contributed by atoms with E-state index in [1.54, 1.807) is 0 Å². The minimum Gasteiger partial charge on any atom is -0.294 e. The van der Waals surface area contributed by atoms with E-state index in [2.05, 4.69) is 24.3 Å². The van der Waals surface area contributed by atoms with Gasteiger partial charge >= 0.3 is 0 Å². The smallest absolute Gasteiger partial charge is 0.165 e. The lowest BCUT2D eigenvalue weighted by Crippen LogP contribution is -2.19. The molecule has 1 saturated heterocycles. The van der Waals surface area contributed by atoms with Gasteiger partial charge in [0.1, 0.15) is 0 Å². The van der Waals surface area contributed by atoms with Crippen molar-refractivity contribution in [3.05, 3.63) is 71.8 Å². The zero-order chi connectivity index (χ0) is 13.8. The lowest BCUT2D eigenvalue weighted by Gasteiger charge is -2.27. The first-order valence-corrected chi connectivity index (χ1v) is 8.69. The number of hydrogen-bond acceptors (Lipinski definition) is 3. The summed E-state index contributed by atoms with van der Waals surface area (Å²) in [4.78, 5) is 12.6. The van der Waals surface area contributed by atoms with Crippen molar-refractivity contribution in [3.8, 4) is 0 Å². The standard InChI is InChI=1S/C17H16OS2/c18-16(14-7-3-1-4-8-14)13-17(19-11-12-20-17)15-9-5-2-6-10-15/h1-10H,11-13H2. The third kappa shape index (κ3) is 2.79. The molecule has 1 aliphatic heterocycles. The highest BCUT2D eigenvalue weighted by Gasteiger charge is 2.39. The fraction of sp³-hybridized carbons (Fsp3) is 0.235. The quantitative estimate of drug-likeness (QED) is 0.769. The van der Waals surface area contributed by atoms with E-state index in [4.69, 9.17) is 0 Å². The number of benzene rings is 2. The summed E-state index contributed by atoms with van der Waals surface area (Å²) in [5, 5.41) is 0. The number of hydrogen-bond donors (Lipinski definition) is 0. The van der Waals surface area contributed by atoms with Gasteiger partial charge in [0.25, 0.3) is 0 Å². The van der Waals surface area contributed by atoms with Crippen LogP contribution in [0.25, 0.3) is 0 Å². The van der Waals surface area contributed by atoms with Crippen molar-refractivity contribution in [2.45, 2.75) is 10.5 Å². The van der Waals surface area contributed by atoms with E-state index >= 15 is 0 Å². The molecule has 3 rings (SSSR count). The molecule has 1 nitrogen and oxygen atoms in total. The van der Waals surface area contributed by atoms with E-state index in [1.165, 1.54) is 5.56 Å². The van der Waals surface area contributed by atoms with Gasteiger partial charge in [0.15, 0.2) is 5.78 Å². The van der Waals surface area contributed by atoms with Crippen molar-refractivity contribution in [1.82, 2.24) is 0 Å². The fourth-order valence-electron chi connectivity index (χ4n) is 2.46. The molecular weight excluding hydrogens is 284 g/mol. The SMILES string of the molecule is O=C(CC1(c2ccccc2)SCCS1)c1ccccc1. The minimum atomic E-state index is -0.103. The molecule has 1 heterocycles. The summed E-state index contributed by atoms with van der Waals surface area (Å²) in [6, 6.07) is 20.1. The maximum absolute atomic E-state index is 12.6. The van der Waals surface area contributed by atoms with Gasteiger partial charge in [-0.25, -0.2) is 0 Å². The van der Waals surface area contributed by atoms with Crippen molar-refractivity contribution in [1.29, 1.82) is 0 Å². The Kier molecular flexibility index (Phi) is 4.18.